The minimum absolute atomic E-state index is 0.0201. The first kappa shape index (κ1) is 25.0. The fourth-order valence-electron chi connectivity index (χ4n) is 6.74. The van der Waals surface area contributed by atoms with Crippen molar-refractivity contribution in [2.24, 2.45) is 5.41 Å². The lowest BCUT2D eigenvalue weighted by molar-refractivity contribution is -0.141. The van der Waals surface area contributed by atoms with Crippen molar-refractivity contribution in [1.82, 2.24) is 9.97 Å². The summed E-state index contributed by atoms with van der Waals surface area (Å²) < 4.78 is 52.4. The van der Waals surface area contributed by atoms with Crippen molar-refractivity contribution < 1.29 is 27.8 Å². The smallest absolute Gasteiger partial charge is 0.388 e. The molecule has 194 valence electrons. The number of hydrogen-bond donors (Lipinski definition) is 1. The summed E-state index contributed by atoms with van der Waals surface area (Å²) >= 11 is 2.37. The van der Waals surface area contributed by atoms with Crippen LogP contribution in [0.15, 0.2) is 18.3 Å². The lowest BCUT2D eigenvalue weighted by Crippen LogP contribution is -2.46. The van der Waals surface area contributed by atoms with Crippen LogP contribution in [0.3, 0.4) is 0 Å². The van der Waals surface area contributed by atoms with Crippen LogP contribution < -0.4 is 0 Å². The van der Waals surface area contributed by atoms with Gasteiger partial charge in [-0.1, -0.05) is 48.9 Å². The van der Waals surface area contributed by atoms with E-state index in [1.807, 2.05) is 0 Å². The van der Waals surface area contributed by atoms with Crippen molar-refractivity contribution in [1.29, 1.82) is 0 Å². The standard InChI is InChI=1S/C27H30F3IN2O3/c1-14(2)23-21-22(20-16(33-23)10-25(6-3-7-25)11-17(20)34)26(8-9-35-13-18(26)31)36-24(21)15-4-5-19(32-12-15)27(28,29)30/h4-5,12,14,17-18,24,34H,3,6-11,13H2,1-2H3. The molecule has 1 saturated carbocycles. The molecule has 2 spiro atoms. The molecule has 2 aromatic rings. The zero-order valence-corrected chi connectivity index (χ0v) is 22.5. The van der Waals surface area contributed by atoms with Gasteiger partial charge in [0.1, 0.15) is 17.4 Å². The molecule has 2 aliphatic heterocycles. The number of aliphatic hydroxyl groups excluding tert-OH is 1. The molecule has 0 aromatic carbocycles. The lowest BCUT2D eigenvalue weighted by Gasteiger charge is -2.48. The summed E-state index contributed by atoms with van der Waals surface area (Å²) in [6, 6.07) is 2.49. The number of fused-ring (bicyclic) bond motifs is 4. The molecule has 9 heteroatoms. The molecular weight excluding hydrogens is 584 g/mol. The molecule has 4 aliphatic rings. The maximum Gasteiger partial charge on any atom is 0.433 e. The molecule has 0 radical (unpaired) electrons. The number of aliphatic hydroxyl groups is 1. The third-order valence-electron chi connectivity index (χ3n) is 8.63. The van der Waals surface area contributed by atoms with Crippen LogP contribution in [0.4, 0.5) is 13.2 Å². The van der Waals surface area contributed by atoms with Gasteiger partial charge in [0.2, 0.25) is 0 Å². The van der Waals surface area contributed by atoms with Gasteiger partial charge in [-0.05, 0) is 43.1 Å². The van der Waals surface area contributed by atoms with Crippen LogP contribution in [0.1, 0.15) is 103 Å². The van der Waals surface area contributed by atoms with Gasteiger partial charge in [-0.2, -0.15) is 13.2 Å². The number of alkyl halides is 4. The Morgan fingerprint density at radius 3 is 2.53 bits per heavy atom. The number of rotatable bonds is 2. The number of halogens is 4. The molecule has 4 unspecified atom stereocenters. The maximum absolute atomic E-state index is 13.2. The van der Waals surface area contributed by atoms with E-state index in [0.717, 1.165) is 59.8 Å². The van der Waals surface area contributed by atoms with E-state index in [0.29, 0.717) is 25.2 Å². The van der Waals surface area contributed by atoms with Gasteiger partial charge in [-0.3, -0.25) is 9.97 Å². The van der Waals surface area contributed by atoms with E-state index < -0.39 is 29.7 Å². The molecule has 2 aliphatic carbocycles. The van der Waals surface area contributed by atoms with Crippen LogP contribution in [0.2, 0.25) is 0 Å². The Bertz CT molecular complexity index is 1180. The van der Waals surface area contributed by atoms with Gasteiger partial charge in [-0.15, -0.1) is 0 Å². The zero-order valence-electron chi connectivity index (χ0n) is 20.4. The van der Waals surface area contributed by atoms with E-state index in [1.54, 1.807) is 0 Å². The second-order valence-electron chi connectivity index (χ2n) is 11.2. The Morgan fingerprint density at radius 2 is 1.94 bits per heavy atom. The lowest BCUT2D eigenvalue weighted by atomic mass is 9.58. The Balaban J connectivity index is 1.57. The van der Waals surface area contributed by atoms with Crippen molar-refractivity contribution in [2.45, 2.75) is 86.2 Å². The summed E-state index contributed by atoms with van der Waals surface area (Å²) in [6.45, 7) is 5.20. The highest BCUT2D eigenvalue weighted by Crippen LogP contribution is 2.61. The molecule has 0 amide bonds. The van der Waals surface area contributed by atoms with E-state index in [-0.39, 0.29) is 15.3 Å². The van der Waals surface area contributed by atoms with Crippen LogP contribution in [0, 0.1) is 5.41 Å². The van der Waals surface area contributed by atoms with Gasteiger partial charge < -0.3 is 14.6 Å². The van der Waals surface area contributed by atoms with Crippen LogP contribution in [0.5, 0.6) is 0 Å². The Hall–Kier alpha value is -1.30. The Labute approximate surface area is 222 Å². The largest absolute Gasteiger partial charge is 0.433 e. The Kier molecular flexibility index (Phi) is 5.98. The molecule has 2 fully saturated rings. The van der Waals surface area contributed by atoms with Crippen molar-refractivity contribution in [3.63, 3.8) is 0 Å². The first-order valence-corrected chi connectivity index (χ1v) is 14.0. The van der Waals surface area contributed by atoms with Gasteiger partial charge in [-0.25, -0.2) is 0 Å². The van der Waals surface area contributed by atoms with Crippen LogP contribution in [0.25, 0.3) is 0 Å². The van der Waals surface area contributed by atoms with E-state index in [4.69, 9.17) is 14.5 Å². The highest BCUT2D eigenvalue weighted by Gasteiger charge is 2.56. The van der Waals surface area contributed by atoms with Crippen molar-refractivity contribution >= 4 is 22.6 Å². The number of aromatic nitrogens is 2. The van der Waals surface area contributed by atoms with Crippen LogP contribution >= 0.6 is 22.6 Å². The fraction of sp³-hybridized carbons (Fsp3) is 0.630. The minimum atomic E-state index is -4.51. The third kappa shape index (κ3) is 3.74. The number of nitrogens with zero attached hydrogens (tertiary/aromatic N) is 2. The molecule has 4 atom stereocenters. The number of pyridine rings is 2. The van der Waals surface area contributed by atoms with Gasteiger partial charge in [0.15, 0.2) is 0 Å². The van der Waals surface area contributed by atoms with E-state index in [9.17, 15) is 18.3 Å². The predicted octanol–water partition coefficient (Wildman–Crippen LogP) is 6.31. The highest BCUT2D eigenvalue weighted by atomic mass is 127. The topological polar surface area (TPSA) is 64.5 Å². The molecule has 0 bridgehead atoms. The fourth-order valence-corrected chi connectivity index (χ4v) is 7.77. The van der Waals surface area contributed by atoms with Crippen molar-refractivity contribution in [3.05, 3.63) is 57.7 Å². The number of hydrogen-bond acceptors (Lipinski definition) is 5. The average Bonchev–Trinajstić information content (AvgIpc) is 3.14. The summed E-state index contributed by atoms with van der Waals surface area (Å²) in [4.78, 5) is 8.91. The summed E-state index contributed by atoms with van der Waals surface area (Å²) in [5.74, 6) is 0.0802. The van der Waals surface area contributed by atoms with Crippen LogP contribution in [-0.4, -0.2) is 32.2 Å². The first-order chi connectivity index (χ1) is 17.0. The SMILES string of the molecule is CC(C)c1nc2c(c3c1C(c1ccc(C(F)(F)F)nc1)OC31CCOCC1I)C(O)CC1(CCC1)C2. The average molecular weight is 614 g/mol. The summed E-state index contributed by atoms with van der Waals surface area (Å²) in [5.41, 5.74) is 3.74. The molecule has 6 rings (SSSR count). The zero-order chi connectivity index (χ0) is 25.5. The van der Waals surface area contributed by atoms with Gasteiger partial charge in [0, 0.05) is 52.9 Å². The van der Waals surface area contributed by atoms with Crippen molar-refractivity contribution in [2.75, 3.05) is 13.2 Å². The molecule has 36 heavy (non-hydrogen) atoms. The van der Waals surface area contributed by atoms with Gasteiger partial charge >= 0.3 is 6.18 Å². The quantitative estimate of drug-likeness (QED) is 0.318. The maximum atomic E-state index is 13.2. The second-order valence-corrected chi connectivity index (χ2v) is 12.7. The van der Waals surface area contributed by atoms with E-state index in [2.05, 4.69) is 41.4 Å². The van der Waals surface area contributed by atoms with E-state index in [1.165, 1.54) is 18.7 Å². The first-order valence-electron chi connectivity index (χ1n) is 12.7. The van der Waals surface area contributed by atoms with Gasteiger partial charge in [0.25, 0.3) is 0 Å². The Morgan fingerprint density at radius 1 is 1.17 bits per heavy atom. The molecule has 2 aromatic heterocycles. The van der Waals surface area contributed by atoms with Crippen LogP contribution in [-0.2, 0) is 27.7 Å². The minimum Gasteiger partial charge on any atom is -0.388 e. The normalized spacial score (nSPS) is 30.9. The predicted molar refractivity (Wildman–Crippen MR) is 135 cm³/mol. The molecular formula is C27H30F3IN2O3. The number of ether oxygens (including phenoxy) is 2. The summed E-state index contributed by atoms with van der Waals surface area (Å²) in [6.07, 6.45) is 1.15. The molecule has 1 N–H and O–H groups in total. The third-order valence-corrected chi connectivity index (χ3v) is 9.99. The monoisotopic (exact) mass is 614 g/mol. The highest BCUT2D eigenvalue weighted by molar-refractivity contribution is 14.1. The van der Waals surface area contributed by atoms with Gasteiger partial charge in [0.05, 0.1) is 16.6 Å². The summed E-state index contributed by atoms with van der Waals surface area (Å²) in [5, 5.41) is 11.6. The van der Waals surface area contributed by atoms with E-state index >= 15 is 0 Å². The molecule has 5 nitrogen and oxygen atoms in total. The second kappa shape index (κ2) is 8.61. The summed E-state index contributed by atoms with van der Waals surface area (Å²) in [7, 11) is 0. The molecule has 4 heterocycles. The molecule has 1 saturated heterocycles. The van der Waals surface area contributed by atoms with Crippen molar-refractivity contribution in [3.8, 4) is 0 Å².